The van der Waals surface area contributed by atoms with Crippen LogP contribution >= 0.6 is 0 Å². The summed E-state index contributed by atoms with van der Waals surface area (Å²) >= 11 is 0. The van der Waals surface area contributed by atoms with E-state index in [2.05, 4.69) is 0 Å². The van der Waals surface area contributed by atoms with Crippen LogP contribution in [0.3, 0.4) is 0 Å². The number of unbranched alkanes of at least 4 members (excludes halogenated alkanes) is 2. The topological polar surface area (TPSA) is 51.2 Å². The molecule has 0 aliphatic heterocycles. The highest BCUT2D eigenvalue weighted by Crippen LogP contribution is 2.03. The summed E-state index contributed by atoms with van der Waals surface area (Å²) < 4.78 is 22.7. The lowest BCUT2D eigenvalue weighted by Crippen LogP contribution is -2.11. The number of hydrogen-bond acceptors (Lipinski definition) is 3. The average Bonchev–Trinajstić information content (AvgIpc) is 2.09. The molecule has 0 radical (unpaired) electrons. The third kappa shape index (κ3) is 8.23. The lowest BCUT2D eigenvalue weighted by Gasteiger charge is -2.02. The van der Waals surface area contributed by atoms with E-state index in [0.717, 1.165) is 12.8 Å². The van der Waals surface area contributed by atoms with Crippen molar-refractivity contribution in [3.8, 4) is 0 Å². The highest BCUT2D eigenvalue weighted by atomic mass is 32.2. The van der Waals surface area contributed by atoms with Crippen molar-refractivity contribution in [3.05, 3.63) is 0 Å². The first-order valence-corrected chi connectivity index (χ1v) is 7.00. The van der Waals surface area contributed by atoms with Crippen molar-refractivity contribution in [1.29, 1.82) is 0 Å². The van der Waals surface area contributed by atoms with Gasteiger partial charge in [0.15, 0.2) is 0 Å². The van der Waals surface area contributed by atoms with E-state index in [1.54, 1.807) is 0 Å². The monoisotopic (exact) mass is 220 g/mol. The van der Waals surface area contributed by atoms with Gasteiger partial charge in [0.05, 0.1) is 11.5 Å². The van der Waals surface area contributed by atoms with Crippen LogP contribution in [0.4, 0.5) is 0 Å². The minimum absolute atomic E-state index is 0.135. The van der Waals surface area contributed by atoms with Crippen molar-refractivity contribution in [3.63, 3.8) is 0 Å². The third-order valence-corrected chi connectivity index (χ3v) is 3.86. The third-order valence-electron chi connectivity index (χ3n) is 2.04. The molecule has 0 aromatic carbocycles. The van der Waals surface area contributed by atoms with E-state index >= 15 is 0 Å². The van der Waals surface area contributed by atoms with Crippen LogP contribution in [-0.4, -0.2) is 25.7 Å². The SMILES string of the molecule is CCCCS(=O)(=O)CCCCC(C)=O. The first kappa shape index (κ1) is 13.6. The van der Waals surface area contributed by atoms with Crippen LogP contribution in [0.1, 0.15) is 46.0 Å². The zero-order valence-corrected chi connectivity index (χ0v) is 9.90. The molecule has 84 valence electrons. The Morgan fingerprint density at radius 2 is 1.64 bits per heavy atom. The standard InChI is InChI=1S/C10H20O3S/c1-3-4-8-14(12,13)9-6-5-7-10(2)11/h3-9H2,1-2H3. The number of carbonyl (C=O) groups is 1. The number of carbonyl (C=O) groups excluding carboxylic acids is 1. The van der Waals surface area contributed by atoms with E-state index in [1.807, 2.05) is 6.92 Å². The van der Waals surface area contributed by atoms with E-state index in [0.29, 0.717) is 25.0 Å². The molecule has 0 rings (SSSR count). The van der Waals surface area contributed by atoms with Crippen LogP contribution in [0.2, 0.25) is 0 Å². The molecule has 0 saturated carbocycles. The van der Waals surface area contributed by atoms with Gasteiger partial charge in [0, 0.05) is 6.42 Å². The van der Waals surface area contributed by atoms with E-state index in [9.17, 15) is 13.2 Å². The Kier molecular flexibility index (Phi) is 6.79. The molecule has 0 aromatic rings. The van der Waals surface area contributed by atoms with Crippen molar-refractivity contribution in [1.82, 2.24) is 0 Å². The molecule has 0 unspecified atom stereocenters. The number of hydrogen-bond donors (Lipinski definition) is 0. The zero-order valence-electron chi connectivity index (χ0n) is 9.08. The van der Waals surface area contributed by atoms with Gasteiger partial charge < -0.3 is 4.79 Å². The van der Waals surface area contributed by atoms with E-state index < -0.39 is 9.84 Å². The average molecular weight is 220 g/mol. The van der Waals surface area contributed by atoms with Gasteiger partial charge in [0.1, 0.15) is 15.6 Å². The lowest BCUT2D eigenvalue weighted by molar-refractivity contribution is -0.117. The molecule has 0 amide bonds. The van der Waals surface area contributed by atoms with Gasteiger partial charge in [0.2, 0.25) is 0 Å². The summed E-state index contributed by atoms with van der Waals surface area (Å²) in [6.07, 6.45) is 3.47. The minimum atomic E-state index is -2.85. The van der Waals surface area contributed by atoms with E-state index in [4.69, 9.17) is 0 Å². The summed E-state index contributed by atoms with van der Waals surface area (Å²) in [6.45, 7) is 3.51. The quantitative estimate of drug-likeness (QED) is 0.588. The number of ketones is 1. The Morgan fingerprint density at radius 3 is 2.14 bits per heavy atom. The number of rotatable bonds is 8. The Hall–Kier alpha value is -0.380. The van der Waals surface area contributed by atoms with Gasteiger partial charge in [0.25, 0.3) is 0 Å². The largest absolute Gasteiger partial charge is 0.300 e. The van der Waals surface area contributed by atoms with E-state index in [-0.39, 0.29) is 11.5 Å². The van der Waals surface area contributed by atoms with Crippen molar-refractivity contribution >= 4 is 15.6 Å². The molecule has 0 fully saturated rings. The van der Waals surface area contributed by atoms with Gasteiger partial charge in [-0.1, -0.05) is 13.3 Å². The highest BCUT2D eigenvalue weighted by molar-refractivity contribution is 7.91. The van der Waals surface area contributed by atoms with Gasteiger partial charge in [-0.05, 0) is 26.2 Å². The fourth-order valence-electron chi connectivity index (χ4n) is 1.16. The Bertz CT molecular complexity index is 255. The van der Waals surface area contributed by atoms with Crippen LogP contribution in [-0.2, 0) is 14.6 Å². The van der Waals surface area contributed by atoms with Crippen LogP contribution in [0.5, 0.6) is 0 Å². The molecule has 0 aromatic heterocycles. The molecular weight excluding hydrogens is 200 g/mol. The van der Waals surface area contributed by atoms with Crippen molar-refractivity contribution in [2.75, 3.05) is 11.5 Å². The summed E-state index contributed by atoms with van der Waals surface area (Å²) in [5.74, 6) is 0.667. The first-order valence-electron chi connectivity index (χ1n) is 5.18. The molecule has 0 heterocycles. The maximum absolute atomic E-state index is 11.3. The molecule has 0 spiro atoms. The molecule has 0 saturated heterocycles. The Morgan fingerprint density at radius 1 is 1.07 bits per heavy atom. The number of sulfone groups is 1. The lowest BCUT2D eigenvalue weighted by atomic mass is 10.2. The Balaban J connectivity index is 3.61. The molecule has 0 aliphatic carbocycles. The summed E-state index contributed by atoms with van der Waals surface area (Å²) in [7, 11) is -2.85. The fraction of sp³-hybridized carbons (Fsp3) is 0.900. The maximum atomic E-state index is 11.3. The van der Waals surface area contributed by atoms with Crippen LogP contribution in [0.25, 0.3) is 0 Å². The van der Waals surface area contributed by atoms with Crippen molar-refractivity contribution < 1.29 is 13.2 Å². The van der Waals surface area contributed by atoms with Crippen LogP contribution in [0.15, 0.2) is 0 Å². The molecule has 0 atom stereocenters. The van der Waals surface area contributed by atoms with Crippen molar-refractivity contribution in [2.45, 2.75) is 46.0 Å². The maximum Gasteiger partial charge on any atom is 0.150 e. The van der Waals surface area contributed by atoms with Crippen LogP contribution < -0.4 is 0 Å². The molecule has 3 nitrogen and oxygen atoms in total. The zero-order chi connectivity index (χ0) is 11.0. The molecular formula is C10H20O3S. The smallest absolute Gasteiger partial charge is 0.150 e. The predicted molar refractivity (Wildman–Crippen MR) is 58.1 cm³/mol. The molecule has 0 bridgehead atoms. The summed E-state index contributed by atoms with van der Waals surface area (Å²) in [6, 6.07) is 0. The first-order chi connectivity index (χ1) is 6.48. The summed E-state index contributed by atoms with van der Waals surface area (Å²) in [4.78, 5) is 10.6. The second-order valence-corrected chi connectivity index (χ2v) is 5.97. The number of Topliss-reactive ketones (excluding diaryl/α,β-unsaturated/α-hetero) is 1. The molecule has 14 heavy (non-hydrogen) atoms. The second-order valence-electron chi connectivity index (χ2n) is 3.66. The van der Waals surface area contributed by atoms with Gasteiger partial charge in [-0.15, -0.1) is 0 Å². The fourth-order valence-corrected chi connectivity index (χ4v) is 2.74. The van der Waals surface area contributed by atoms with Gasteiger partial charge in [-0.2, -0.15) is 0 Å². The van der Waals surface area contributed by atoms with Gasteiger partial charge in [-0.3, -0.25) is 0 Å². The van der Waals surface area contributed by atoms with E-state index in [1.165, 1.54) is 6.92 Å². The summed E-state index contributed by atoms with van der Waals surface area (Å²) in [5.41, 5.74) is 0. The highest BCUT2D eigenvalue weighted by Gasteiger charge is 2.09. The minimum Gasteiger partial charge on any atom is -0.300 e. The second kappa shape index (κ2) is 6.98. The molecule has 4 heteroatoms. The molecule has 0 N–H and O–H groups in total. The normalized spacial score (nSPS) is 11.6. The van der Waals surface area contributed by atoms with Gasteiger partial charge in [-0.25, -0.2) is 8.42 Å². The predicted octanol–water partition coefficient (Wildman–Crippen LogP) is 1.96. The molecule has 0 aliphatic rings. The Labute approximate surface area is 86.8 Å². The van der Waals surface area contributed by atoms with Crippen LogP contribution in [0, 0.1) is 0 Å². The van der Waals surface area contributed by atoms with Crippen molar-refractivity contribution in [2.24, 2.45) is 0 Å². The summed E-state index contributed by atoms with van der Waals surface area (Å²) in [5, 5.41) is 0. The van der Waals surface area contributed by atoms with Gasteiger partial charge >= 0.3 is 0 Å².